The van der Waals surface area contributed by atoms with Crippen molar-refractivity contribution < 1.29 is 14.3 Å². The van der Waals surface area contributed by atoms with Crippen LogP contribution in [0.2, 0.25) is 0 Å². The number of carbonyl (C=O) groups excluding carboxylic acids is 1. The van der Waals surface area contributed by atoms with Crippen LogP contribution in [0, 0.1) is 12.7 Å². The van der Waals surface area contributed by atoms with Gasteiger partial charge in [-0.05, 0) is 37.5 Å². The molecule has 98 valence electrons. The number of aliphatic hydroxyl groups is 1. The lowest BCUT2D eigenvalue weighted by atomic mass is 10.2. The number of halogens is 1. The van der Waals surface area contributed by atoms with E-state index < -0.39 is 0 Å². The quantitative estimate of drug-likeness (QED) is 0.847. The molecule has 1 aliphatic heterocycles. The normalized spacial score (nSPS) is 19.1. The number of likely N-dealkylation sites (tertiary alicyclic amines) is 1. The van der Waals surface area contributed by atoms with E-state index in [1.165, 1.54) is 12.1 Å². The van der Waals surface area contributed by atoms with Crippen molar-refractivity contribution in [3.05, 3.63) is 29.6 Å². The highest BCUT2D eigenvalue weighted by molar-refractivity contribution is 5.90. The smallest absolute Gasteiger partial charge is 0.322 e. The standard InChI is InChI=1S/C13H17FN2O2/c1-9-4-5-10(14)7-12(9)15-13(18)16-6-2-3-11(16)8-17/h4-5,7,11,17H,2-3,6,8H2,1H3,(H,15,18)/t11-/m0/s1. The molecule has 0 saturated carbocycles. The van der Waals surface area contributed by atoms with Crippen molar-refractivity contribution in [1.29, 1.82) is 0 Å². The molecule has 18 heavy (non-hydrogen) atoms. The third-order valence-corrected chi connectivity index (χ3v) is 3.29. The number of hydrogen-bond acceptors (Lipinski definition) is 2. The number of nitrogens with zero attached hydrogens (tertiary/aromatic N) is 1. The van der Waals surface area contributed by atoms with E-state index >= 15 is 0 Å². The van der Waals surface area contributed by atoms with Crippen molar-refractivity contribution in [2.45, 2.75) is 25.8 Å². The lowest BCUT2D eigenvalue weighted by molar-refractivity contribution is 0.166. The average Bonchev–Trinajstić information content (AvgIpc) is 2.82. The summed E-state index contributed by atoms with van der Waals surface area (Å²) in [5.74, 6) is -0.379. The van der Waals surface area contributed by atoms with Gasteiger partial charge in [-0.1, -0.05) is 6.07 Å². The Kier molecular flexibility index (Phi) is 3.81. The Morgan fingerprint density at radius 1 is 1.61 bits per heavy atom. The van der Waals surface area contributed by atoms with Crippen molar-refractivity contribution in [3.8, 4) is 0 Å². The van der Waals surface area contributed by atoms with Gasteiger partial charge >= 0.3 is 6.03 Å². The first-order valence-corrected chi connectivity index (χ1v) is 6.06. The molecule has 1 aliphatic rings. The third-order valence-electron chi connectivity index (χ3n) is 3.29. The SMILES string of the molecule is Cc1ccc(F)cc1NC(=O)N1CCC[C@H]1CO. The van der Waals surface area contributed by atoms with Crippen LogP contribution in [0.3, 0.4) is 0 Å². The molecule has 0 spiro atoms. The van der Waals surface area contributed by atoms with E-state index in [4.69, 9.17) is 5.11 Å². The summed E-state index contributed by atoms with van der Waals surface area (Å²) in [7, 11) is 0. The summed E-state index contributed by atoms with van der Waals surface area (Å²) in [6, 6.07) is 3.88. The summed E-state index contributed by atoms with van der Waals surface area (Å²) in [5.41, 5.74) is 1.29. The van der Waals surface area contributed by atoms with Gasteiger partial charge in [0.1, 0.15) is 5.82 Å². The van der Waals surface area contributed by atoms with Gasteiger partial charge in [0, 0.05) is 12.2 Å². The average molecular weight is 252 g/mol. The zero-order valence-corrected chi connectivity index (χ0v) is 10.3. The Hall–Kier alpha value is -1.62. The zero-order valence-electron chi connectivity index (χ0n) is 10.3. The highest BCUT2D eigenvalue weighted by Gasteiger charge is 2.28. The number of urea groups is 1. The van der Waals surface area contributed by atoms with Gasteiger partial charge in [-0.25, -0.2) is 9.18 Å². The van der Waals surface area contributed by atoms with E-state index in [-0.39, 0.29) is 24.5 Å². The number of hydrogen-bond donors (Lipinski definition) is 2. The minimum Gasteiger partial charge on any atom is -0.394 e. The molecule has 1 aromatic carbocycles. The van der Waals surface area contributed by atoms with Crippen molar-refractivity contribution in [1.82, 2.24) is 4.90 Å². The molecule has 2 amide bonds. The van der Waals surface area contributed by atoms with E-state index in [9.17, 15) is 9.18 Å². The molecular formula is C13H17FN2O2. The first kappa shape index (κ1) is 12.8. The molecule has 1 heterocycles. The summed E-state index contributed by atoms with van der Waals surface area (Å²) in [6.45, 7) is 2.41. The molecule has 0 unspecified atom stereocenters. The maximum atomic E-state index is 13.1. The maximum Gasteiger partial charge on any atom is 0.322 e. The molecule has 1 saturated heterocycles. The van der Waals surface area contributed by atoms with Crippen molar-refractivity contribution >= 4 is 11.7 Å². The maximum absolute atomic E-state index is 13.1. The fraction of sp³-hybridized carbons (Fsp3) is 0.462. The summed E-state index contributed by atoms with van der Waals surface area (Å²) >= 11 is 0. The topological polar surface area (TPSA) is 52.6 Å². The third kappa shape index (κ3) is 2.61. The largest absolute Gasteiger partial charge is 0.394 e. The minimum atomic E-state index is -0.379. The molecule has 1 fully saturated rings. The molecule has 0 bridgehead atoms. The predicted molar refractivity (Wildman–Crippen MR) is 67.0 cm³/mol. The second-order valence-corrected chi connectivity index (χ2v) is 4.56. The molecule has 1 aromatic rings. The summed E-state index contributed by atoms with van der Waals surface area (Å²) < 4.78 is 13.1. The van der Waals surface area contributed by atoms with E-state index in [0.717, 1.165) is 18.4 Å². The van der Waals surface area contributed by atoms with Crippen LogP contribution in [0.15, 0.2) is 18.2 Å². The number of benzene rings is 1. The van der Waals surface area contributed by atoms with Crippen LogP contribution in [0.5, 0.6) is 0 Å². The Bertz CT molecular complexity index is 451. The van der Waals surface area contributed by atoms with Gasteiger partial charge in [0.25, 0.3) is 0 Å². The van der Waals surface area contributed by atoms with Gasteiger partial charge in [0.05, 0.1) is 12.6 Å². The van der Waals surface area contributed by atoms with Gasteiger partial charge in [-0.3, -0.25) is 0 Å². The van der Waals surface area contributed by atoms with Crippen LogP contribution in [0.4, 0.5) is 14.9 Å². The van der Waals surface area contributed by atoms with Gasteiger partial charge in [0.15, 0.2) is 0 Å². The molecule has 4 nitrogen and oxygen atoms in total. The number of anilines is 1. The number of aryl methyl sites for hydroxylation is 1. The van der Waals surface area contributed by atoms with E-state index in [2.05, 4.69) is 5.32 Å². The molecule has 2 rings (SSSR count). The molecule has 5 heteroatoms. The summed E-state index contributed by atoms with van der Waals surface area (Å²) in [6.07, 6.45) is 1.70. The second-order valence-electron chi connectivity index (χ2n) is 4.56. The first-order valence-electron chi connectivity index (χ1n) is 6.06. The number of aliphatic hydroxyl groups excluding tert-OH is 1. The molecular weight excluding hydrogens is 235 g/mol. The summed E-state index contributed by atoms with van der Waals surface area (Å²) in [4.78, 5) is 13.6. The van der Waals surface area contributed by atoms with Crippen molar-refractivity contribution in [3.63, 3.8) is 0 Å². The van der Waals surface area contributed by atoms with Crippen LogP contribution in [0.1, 0.15) is 18.4 Å². The first-order chi connectivity index (χ1) is 8.61. The van der Waals surface area contributed by atoms with Gasteiger partial charge in [-0.2, -0.15) is 0 Å². The highest BCUT2D eigenvalue weighted by atomic mass is 19.1. The Balaban J connectivity index is 2.09. The molecule has 2 N–H and O–H groups in total. The Morgan fingerprint density at radius 2 is 2.39 bits per heavy atom. The van der Waals surface area contributed by atoms with Crippen LogP contribution in [-0.2, 0) is 0 Å². The van der Waals surface area contributed by atoms with E-state index in [1.54, 1.807) is 11.0 Å². The highest BCUT2D eigenvalue weighted by Crippen LogP contribution is 2.20. The number of nitrogens with one attached hydrogen (secondary N) is 1. The number of carbonyl (C=O) groups is 1. The lowest BCUT2D eigenvalue weighted by Gasteiger charge is -2.23. The van der Waals surface area contributed by atoms with E-state index in [1.807, 2.05) is 6.92 Å². The van der Waals surface area contributed by atoms with Crippen molar-refractivity contribution in [2.24, 2.45) is 0 Å². The minimum absolute atomic E-state index is 0.0322. The van der Waals surface area contributed by atoms with Crippen LogP contribution in [-0.4, -0.2) is 35.2 Å². The fourth-order valence-electron chi connectivity index (χ4n) is 2.21. The van der Waals surface area contributed by atoms with Crippen LogP contribution in [0.25, 0.3) is 0 Å². The van der Waals surface area contributed by atoms with E-state index in [0.29, 0.717) is 12.2 Å². The molecule has 0 radical (unpaired) electrons. The summed E-state index contributed by atoms with van der Waals surface area (Å²) in [5, 5.41) is 11.9. The second kappa shape index (κ2) is 5.35. The van der Waals surface area contributed by atoms with Crippen LogP contribution < -0.4 is 5.32 Å². The van der Waals surface area contributed by atoms with Gasteiger partial charge in [0.2, 0.25) is 0 Å². The number of amides is 2. The monoisotopic (exact) mass is 252 g/mol. The van der Waals surface area contributed by atoms with Crippen LogP contribution >= 0.6 is 0 Å². The fourth-order valence-corrected chi connectivity index (χ4v) is 2.21. The Morgan fingerprint density at radius 3 is 3.11 bits per heavy atom. The molecule has 0 aliphatic carbocycles. The van der Waals surface area contributed by atoms with Gasteiger partial charge in [-0.15, -0.1) is 0 Å². The van der Waals surface area contributed by atoms with Crippen molar-refractivity contribution in [2.75, 3.05) is 18.5 Å². The molecule has 0 aromatic heterocycles. The zero-order chi connectivity index (χ0) is 13.1. The predicted octanol–water partition coefficient (Wildman–Crippen LogP) is 2.12. The number of rotatable bonds is 2. The van der Waals surface area contributed by atoms with Gasteiger partial charge < -0.3 is 15.3 Å². The lowest BCUT2D eigenvalue weighted by Crippen LogP contribution is -2.40. The Labute approximate surface area is 105 Å². The molecule has 1 atom stereocenters.